The van der Waals surface area contributed by atoms with Gasteiger partial charge in [0, 0.05) is 48.2 Å². The van der Waals surface area contributed by atoms with E-state index in [0.29, 0.717) is 6.08 Å². The summed E-state index contributed by atoms with van der Waals surface area (Å²) >= 11 is 0. The van der Waals surface area contributed by atoms with E-state index in [4.69, 9.17) is 5.11 Å². The standard InChI is InChI=1S/C26H29N5O5/c1-16-5-3-4-6-23(16)28-15-20-11-19(9-10-31(20)2)30-26(36)29-18-8-7-17(14-27)21(12-18)22(25(34)35)13-24(32)33/h3-8,12-13,19-20,28H,9-11,15H2,1-2H3,(H,32,33)(H,34,35)(H2,29,30,36)/b22-13-/t19-,20?/m1/s1. The molecule has 1 unspecified atom stereocenters. The van der Waals surface area contributed by atoms with Gasteiger partial charge in [-0.05, 0) is 56.6 Å². The smallest absolute Gasteiger partial charge is 0.336 e. The minimum absolute atomic E-state index is 0.0184. The zero-order valence-corrected chi connectivity index (χ0v) is 20.1. The van der Waals surface area contributed by atoms with Crippen LogP contribution in [0.2, 0.25) is 0 Å². The quantitative estimate of drug-likeness (QED) is 0.353. The average Bonchev–Trinajstić information content (AvgIpc) is 2.83. The molecule has 10 nitrogen and oxygen atoms in total. The topological polar surface area (TPSA) is 155 Å². The number of anilines is 2. The van der Waals surface area contributed by atoms with Gasteiger partial charge in [0.15, 0.2) is 0 Å². The first-order valence-electron chi connectivity index (χ1n) is 11.5. The van der Waals surface area contributed by atoms with Crippen LogP contribution in [0.25, 0.3) is 5.57 Å². The molecule has 5 N–H and O–H groups in total. The molecule has 0 aliphatic carbocycles. The first kappa shape index (κ1) is 26.2. The lowest BCUT2D eigenvalue weighted by Crippen LogP contribution is -2.51. The minimum atomic E-state index is -1.49. The van der Waals surface area contributed by atoms with Gasteiger partial charge in [-0.25, -0.2) is 14.4 Å². The summed E-state index contributed by atoms with van der Waals surface area (Å²) in [5.74, 6) is -2.95. The molecule has 10 heteroatoms. The third-order valence-electron chi connectivity index (χ3n) is 6.20. The highest BCUT2D eigenvalue weighted by molar-refractivity contribution is 6.20. The van der Waals surface area contributed by atoms with Crippen LogP contribution < -0.4 is 16.0 Å². The SMILES string of the molecule is Cc1ccccc1NCC1C[C@H](NC(=O)Nc2ccc(C#N)c(/C(=C/C(=O)O)C(=O)O)c2)CCN1C. The fourth-order valence-electron chi connectivity index (χ4n) is 4.21. The molecule has 0 radical (unpaired) electrons. The second-order valence-electron chi connectivity index (χ2n) is 8.72. The fourth-order valence-corrected chi connectivity index (χ4v) is 4.21. The number of piperidine rings is 1. The Balaban J connectivity index is 1.65. The third-order valence-corrected chi connectivity index (χ3v) is 6.20. The largest absolute Gasteiger partial charge is 0.478 e. The van der Waals surface area contributed by atoms with E-state index in [-0.39, 0.29) is 28.9 Å². The van der Waals surface area contributed by atoms with E-state index in [1.165, 1.54) is 18.2 Å². The number of benzene rings is 2. The molecule has 1 aliphatic rings. The number of likely N-dealkylation sites (tertiary alicyclic amines) is 1. The molecule has 2 aromatic carbocycles. The summed E-state index contributed by atoms with van der Waals surface area (Å²) < 4.78 is 0. The number of hydrogen-bond donors (Lipinski definition) is 5. The summed E-state index contributed by atoms with van der Waals surface area (Å²) in [6, 6.07) is 13.7. The van der Waals surface area contributed by atoms with Gasteiger partial charge in [-0.15, -0.1) is 0 Å². The van der Waals surface area contributed by atoms with Gasteiger partial charge < -0.3 is 31.1 Å². The van der Waals surface area contributed by atoms with Crippen molar-refractivity contribution in [1.29, 1.82) is 5.26 Å². The number of hydrogen-bond acceptors (Lipinski definition) is 6. The number of carbonyl (C=O) groups is 3. The van der Waals surface area contributed by atoms with Crippen molar-refractivity contribution < 1.29 is 24.6 Å². The maximum atomic E-state index is 12.7. The van der Waals surface area contributed by atoms with Crippen molar-refractivity contribution >= 4 is 34.9 Å². The van der Waals surface area contributed by atoms with E-state index in [9.17, 15) is 24.8 Å². The lowest BCUT2D eigenvalue weighted by atomic mass is 9.97. The molecule has 188 valence electrons. The monoisotopic (exact) mass is 491 g/mol. The highest BCUT2D eigenvalue weighted by Crippen LogP contribution is 2.24. The van der Waals surface area contributed by atoms with Crippen molar-refractivity contribution in [1.82, 2.24) is 10.2 Å². The van der Waals surface area contributed by atoms with Gasteiger partial charge in [-0.2, -0.15) is 5.26 Å². The van der Waals surface area contributed by atoms with Crippen molar-refractivity contribution in [3.05, 3.63) is 65.2 Å². The molecule has 36 heavy (non-hydrogen) atoms. The number of likely N-dealkylation sites (N-methyl/N-ethyl adjacent to an activating group) is 1. The minimum Gasteiger partial charge on any atom is -0.478 e. The first-order chi connectivity index (χ1) is 17.2. The van der Waals surface area contributed by atoms with Crippen molar-refractivity contribution in [2.75, 3.05) is 30.8 Å². The van der Waals surface area contributed by atoms with Crippen molar-refractivity contribution in [3.8, 4) is 6.07 Å². The zero-order valence-electron chi connectivity index (χ0n) is 20.1. The van der Waals surface area contributed by atoms with Crippen molar-refractivity contribution in [3.63, 3.8) is 0 Å². The van der Waals surface area contributed by atoms with Crippen LogP contribution in [0.1, 0.15) is 29.5 Å². The van der Waals surface area contributed by atoms with E-state index in [1.807, 2.05) is 37.3 Å². The summed E-state index contributed by atoms with van der Waals surface area (Å²) in [5, 5.41) is 36.9. The molecule has 0 aromatic heterocycles. The predicted octanol–water partition coefficient (Wildman–Crippen LogP) is 3.12. The number of carboxylic acid groups (broad SMARTS) is 2. The molecule has 1 heterocycles. The number of rotatable bonds is 8. The van der Waals surface area contributed by atoms with Crippen LogP contribution in [0.4, 0.5) is 16.2 Å². The number of urea groups is 1. The van der Waals surface area contributed by atoms with Crippen LogP contribution in [0.15, 0.2) is 48.5 Å². The normalized spacial score (nSPS) is 18.1. The summed E-state index contributed by atoms with van der Waals surface area (Å²) in [4.78, 5) is 37.6. The predicted molar refractivity (Wildman–Crippen MR) is 136 cm³/mol. The number of nitriles is 1. The molecule has 3 rings (SSSR count). The van der Waals surface area contributed by atoms with E-state index >= 15 is 0 Å². The van der Waals surface area contributed by atoms with E-state index in [2.05, 4.69) is 27.9 Å². The first-order valence-corrected chi connectivity index (χ1v) is 11.5. The van der Waals surface area contributed by atoms with Gasteiger partial charge in [-0.3, -0.25) is 0 Å². The molecule has 1 fully saturated rings. The second-order valence-corrected chi connectivity index (χ2v) is 8.72. The van der Waals surface area contributed by atoms with Crippen LogP contribution in [-0.2, 0) is 9.59 Å². The zero-order chi connectivity index (χ0) is 26.2. The van der Waals surface area contributed by atoms with Crippen LogP contribution >= 0.6 is 0 Å². The Morgan fingerprint density at radius 2 is 1.94 bits per heavy atom. The Hall–Kier alpha value is -4.36. The lowest BCUT2D eigenvalue weighted by molar-refractivity contribution is -0.133. The number of aliphatic carboxylic acids is 2. The van der Waals surface area contributed by atoms with Gasteiger partial charge in [0.05, 0.1) is 17.2 Å². The summed E-state index contributed by atoms with van der Waals surface area (Å²) in [7, 11) is 2.06. The maximum absolute atomic E-state index is 12.7. The third kappa shape index (κ3) is 6.84. The summed E-state index contributed by atoms with van der Waals surface area (Å²) in [6.07, 6.45) is 2.03. The second kappa shape index (κ2) is 11.9. The van der Waals surface area contributed by atoms with Crippen LogP contribution in [0.5, 0.6) is 0 Å². The van der Waals surface area contributed by atoms with E-state index in [0.717, 1.165) is 37.2 Å². The number of nitrogens with one attached hydrogen (secondary N) is 3. The number of aryl methyl sites for hydroxylation is 1. The Kier molecular flexibility index (Phi) is 8.65. The lowest BCUT2D eigenvalue weighted by Gasteiger charge is -2.37. The van der Waals surface area contributed by atoms with Crippen LogP contribution in [0, 0.1) is 18.3 Å². The highest BCUT2D eigenvalue weighted by atomic mass is 16.4. The Morgan fingerprint density at radius 1 is 1.19 bits per heavy atom. The molecule has 0 bridgehead atoms. The number of para-hydroxylation sites is 1. The van der Waals surface area contributed by atoms with Gasteiger partial charge >= 0.3 is 18.0 Å². The number of carbonyl (C=O) groups excluding carboxylic acids is 1. The van der Waals surface area contributed by atoms with Gasteiger partial charge in [-0.1, -0.05) is 18.2 Å². The summed E-state index contributed by atoms with van der Waals surface area (Å²) in [5.41, 5.74) is 1.82. The Bertz CT molecular complexity index is 1220. The molecule has 1 aliphatic heterocycles. The molecule has 2 atom stereocenters. The number of amides is 2. The van der Waals surface area contributed by atoms with Gasteiger partial charge in [0.25, 0.3) is 0 Å². The molecular formula is C26H29N5O5. The number of nitrogens with zero attached hydrogens (tertiary/aromatic N) is 2. The van der Waals surface area contributed by atoms with Crippen LogP contribution in [0.3, 0.4) is 0 Å². The molecule has 0 saturated carbocycles. The van der Waals surface area contributed by atoms with Crippen LogP contribution in [-0.4, -0.2) is 65.3 Å². The number of carboxylic acids is 2. The van der Waals surface area contributed by atoms with E-state index < -0.39 is 23.5 Å². The molecular weight excluding hydrogens is 462 g/mol. The molecule has 0 spiro atoms. The Labute approximate surface area is 209 Å². The average molecular weight is 492 g/mol. The molecule has 2 amide bonds. The Morgan fingerprint density at radius 3 is 2.61 bits per heavy atom. The van der Waals surface area contributed by atoms with Crippen molar-refractivity contribution in [2.45, 2.75) is 31.8 Å². The molecule has 1 saturated heterocycles. The van der Waals surface area contributed by atoms with E-state index in [1.54, 1.807) is 0 Å². The maximum Gasteiger partial charge on any atom is 0.336 e. The summed E-state index contributed by atoms with van der Waals surface area (Å²) in [6.45, 7) is 3.59. The highest BCUT2D eigenvalue weighted by Gasteiger charge is 2.27. The van der Waals surface area contributed by atoms with Crippen molar-refractivity contribution in [2.24, 2.45) is 0 Å². The fraction of sp³-hybridized carbons (Fsp3) is 0.308. The molecule has 2 aromatic rings. The van der Waals surface area contributed by atoms with Gasteiger partial charge in [0.2, 0.25) is 0 Å². The van der Waals surface area contributed by atoms with Gasteiger partial charge in [0.1, 0.15) is 0 Å².